The zero-order chi connectivity index (χ0) is 24.6. The Morgan fingerprint density at radius 1 is 0.914 bits per heavy atom. The zero-order valence-electron chi connectivity index (χ0n) is 19.2. The molecule has 8 heteroatoms. The van der Waals surface area contributed by atoms with E-state index in [-0.39, 0.29) is 11.3 Å². The SMILES string of the molecule is CCC(Cc1ccccc1)=NNC(=O)C(NC(=O)c1ccccc1)c1n[nH]c(=O)c2ccccc12. The molecule has 35 heavy (non-hydrogen) atoms. The van der Waals surface area contributed by atoms with Crippen LogP contribution in [0.4, 0.5) is 0 Å². The molecule has 0 fully saturated rings. The van der Waals surface area contributed by atoms with Crippen LogP contribution in [0.2, 0.25) is 0 Å². The first-order valence-electron chi connectivity index (χ1n) is 11.3. The van der Waals surface area contributed by atoms with Crippen LogP contribution in [0.3, 0.4) is 0 Å². The maximum atomic E-state index is 13.3. The van der Waals surface area contributed by atoms with Gasteiger partial charge >= 0.3 is 0 Å². The van der Waals surface area contributed by atoms with Crippen LogP contribution in [-0.4, -0.2) is 27.7 Å². The van der Waals surface area contributed by atoms with Gasteiger partial charge in [-0.1, -0.05) is 73.7 Å². The molecular weight excluding hydrogens is 442 g/mol. The van der Waals surface area contributed by atoms with Gasteiger partial charge in [-0.15, -0.1) is 0 Å². The van der Waals surface area contributed by atoms with E-state index >= 15 is 0 Å². The summed E-state index contributed by atoms with van der Waals surface area (Å²) in [5.41, 5.74) is 4.67. The molecule has 4 aromatic rings. The molecule has 3 N–H and O–H groups in total. The summed E-state index contributed by atoms with van der Waals surface area (Å²) in [5.74, 6) is -1.02. The molecule has 0 aliphatic rings. The first-order valence-corrected chi connectivity index (χ1v) is 11.3. The van der Waals surface area contributed by atoms with E-state index in [0.29, 0.717) is 29.2 Å². The fourth-order valence-corrected chi connectivity index (χ4v) is 3.69. The van der Waals surface area contributed by atoms with Crippen LogP contribution in [0.1, 0.15) is 41.0 Å². The number of aromatic amines is 1. The molecule has 176 valence electrons. The van der Waals surface area contributed by atoms with Crippen LogP contribution in [0.15, 0.2) is 94.8 Å². The fraction of sp³-hybridized carbons (Fsp3) is 0.148. The van der Waals surface area contributed by atoms with E-state index in [9.17, 15) is 14.4 Å². The lowest BCUT2D eigenvalue weighted by Gasteiger charge is -2.18. The standard InChI is InChI=1S/C27H25N5O3/c1-2-20(17-18-11-5-3-6-12-18)29-32-27(35)24(28-25(33)19-13-7-4-8-14-19)23-21-15-9-10-16-22(21)26(34)31-30-23/h3-16,24H,2,17H2,1H3,(H,28,33)(H,31,34)(H,32,35). The van der Waals surface area contributed by atoms with Crippen LogP contribution >= 0.6 is 0 Å². The molecule has 3 aromatic carbocycles. The third-order valence-corrected chi connectivity index (χ3v) is 5.56. The number of fused-ring (bicyclic) bond motifs is 1. The van der Waals surface area contributed by atoms with E-state index in [1.54, 1.807) is 54.6 Å². The summed E-state index contributed by atoms with van der Waals surface area (Å²) in [5, 5.41) is 14.5. The summed E-state index contributed by atoms with van der Waals surface area (Å²) in [6.07, 6.45) is 1.22. The topological polar surface area (TPSA) is 116 Å². The highest BCUT2D eigenvalue weighted by Gasteiger charge is 2.27. The minimum atomic E-state index is -1.19. The van der Waals surface area contributed by atoms with Crippen molar-refractivity contribution in [2.24, 2.45) is 5.10 Å². The number of carbonyl (C=O) groups is 2. The smallest absolute Gasteiger partial charge is 0.272 e. The summed E-state index contributed by atoms with van der Waals surface area (Å²) in [4.78, 5) is 38.6. The van der Waals surface area contributed by atoms with Crippen LogP contribution in [-0.2, 0) is 11.2 Å². The van der Waals surface area contributed by atoms with Crippen LogP contribution in [0, 0.1) is 0 Å². The number of nitrogens with zero attached hydrogens (tertiary/aromatic N) is 2. The van der Waals surface area contributed by atoms with E-state index < -0.39 is 17.9 Å². The monoisotopic (exact) mass is 467 g/mol. The van der Waals surface area contributed by atoms with Crippen molar-refractivity contribution in [3.63, 3.8) is 0 Å². The van der Waals surface area contributed by atoms with E-state index in [4.69, 9.17) is 0 Å². The Bertz CT molecular complexity index is 1420. The van der Waals surface area contributed by atoms with E-state index in [1.165, 1.54) is 0 Å². The average molecular weight is 468 g/mol. The average Bonchev–Trinajstić information content (AvgIpc) is 2.91. The summed E-state index contributed by atoms with van der Waals surface area (Å²) >= 11 is 0. The molecule has 0 spiro atoms. The van der Waals surface area contributed by atoms with Crippen molar-refractivity contribution in [3.05, 3.63) is 112 Å². The number of hydrazone groups is 1. The summed E-state index contributed by atoms with van der Waals surface area (Å²) < 4.78 is 0. The van der Waals surface area contributed by atoms with Gasteiger partial charge in [0.25, 0.3) is 17.4 Å². The van der Waals surface area contributed by atoms with Gasteiger partial charge in [-0.25, -0.2) is 10.5 Å². The Labute approximate surface area is 202 Å². The highest BCUT2D eigenvalue weighted by atomic mass is 16.2. The van der Waals surface area contributed by atoms with E-state index in [1.807, 2.05) is 37.3 Å². The molecule has 1 aromatic heterocycles. The quantitative estimate of drug-likeness (QED) is 0.272. The van der Waals surface area contributed by atoms with E-state index in [0.717, 1.165) is 11.3 Å². The molecule has 1 unspecified atom stereocenters. The maximum Gasteiger partial charge on any atom is 0.272 e. The zero-order valence-corrected chi connectivity index (χ0v) is 19.2. The number of benzene rings is 3. The number of carbonyl (C=O) groups excluding carboxylic acids is 2. The van der Waals surface area contributed by atoms with Gasteiger partial charge in [-0.2, -0.15) is 10.2 Å². The van der Waals surface area contributed by atoms with Gasteiger partial charge in [0, 0.05) is 23.1 Å². The number of aromatic nitrogens is 2. The number of hydrogen-bond acceptors (Lipinski definition) is 5. The first kappa shape index (κ1) is 23.6. The number of amides is 2. The molecule has 1 heterocycles. The summed E-state index contributed by atoms with van der Waals surface area (Å²) in [7, 11) is 0. The number of H-pyrrole nitrogens is 1. The highest BCUT2D eigenvalue weighted by Crippen LogP contribution is 2.20. The Morgan fingerprint density at radius 3 is 2.23 bits per heavy atom. The van der Waals surface area contributed by atoms with Crippen molar-refractivity contribution < 1.29 is 9.59 Å². The first-order chi connectivity index (χ1) is 17.1. The van der Waals surface area contributed by atoms with Gasteiger partial charge in [-0.3, -0.25) is 14.4 Å². The second kappa shape index (κ2) is 11.0. The molecule has 0 saturated heterocycles. The van der Waals surface area contributed by atoms with Gasteiger partial charge in [-0.05, 0) is 30.2 Å². The Hall–Kier alpha value is -4.59. The number of rotatable bonds is 8. The Balaban J connectivity index is 1.66. The normalized spacial score (nSPS) is 12.2. The lowest BCUT2D eigenvalue weighted by Crippen LogP contribution is -2.40. The second-order valence-corrected chi connectivity index (χ2v) is 7.93. The van der Waals surface area contributed by atoms with Gasteiger partial charge in [0.1, 0.15) is 5.69 Å². The van der Waals surface area contributed by atoms with Crippen LogP contribution in [0.25, 0.3) is 10.8 Å². The van der Waals surface area contributed by atoms with Gasteiger partial charge in [0.15, 0.2) is 6.04 Å². The maximum absolute atomic E-state index is 13.3. The molecule has 2 amide bonds. The summed E-state index contributed by atoms with van der Waals surface area (Å²) in [6.45, 7) is 1.96. The molecule has 4 rings (SSSR count). The third-order valence-electron chi connectivity index (χ3n) is 5.56. The second-order valence-electron chi connectivity index (χ2n) is 7.93. The molecule has 0 aliphatic heterocycles. The predicted molar refractivity (Wildman–Crippen MR) is 135 cm³/mol. The van der Waals surface area contributed by atoms with Gasteiger partial charge < -0.3 is 5.32 Å². The van der Waals surface area contributed by atoms with Crippen molar-refractivity contribution in [3.8, 4) is 0 Å². The van der Waals surface area contributed by atoms with Crippen molar-refractivity contribution >= 4 is 28.3 Å². The van der Waals surface area contributed by atoms with E-state index in [2.05, 4.69) is 26.0 Å². The minimum absolute atomic E-state index is 0.221. The van der Waals surface area contributed by atoms with Crippen molar-refractivity contribution in [2.45, 2.75) is 25.8 Å². The third kappa shape index (κ3) is 5.67. The minimum Gasteiger partial charge on any atom is -0.335 e. The lowest BCUT2D eigenvalue weighted by atomic mass is 10.0. The van der Waals surface area contributed by atoms with Crippen molar-refractivity contribution in [1.29, 1.82) is 0 Å². The Kier molecular flexibility index (Phi) is 7.42. The molecule has 8 nitrogen and oxygen atoms in total. The largest absolute Gasteiger partial charge is 0.335 e. The molecular formula is C27H25N5O3. The summed E-state index contributed by atoms with van der Waals surface area (Å²) in [6, 6.07) is 24.0. The molecule has 0 saturated carbocycles. The number of nitrogens with one attached hydrogen (secondary N) is 3. The molecule has 0 aliphatic carbocycles. The van der Waals surface area contributed by atoms with Crippen LogP contribution in [0.5, 0.6) is 0 Å². The molecule has 1 atom stereocenters. The highest BCUT2D eigenvalue weighted by molar-refractivity contribution is 5.99. The fourth-order valence-electron chi connectivity index (χ4n) is 3.69. The van der Waals surface area contributed by atoms with Gasteiger partial charge in [0.2, 0.25) is 0 Å². The van der Waals surface area contributed by atoms with Crippen LogP contribution < -0.4 is 16.3 Å². The van der Waals surface area contributed by atoms with Crippen molar-refractivity contribution in [1.82, 2.24) is 20.9 Å². The van der Waals surface area contributed by atoms with Gasteiger partial charge in [0.05, 0.1) is 5.39 Å². The molecule has 0 bridgehead atoms. The Morgan fingerprint density at radius 2 is 1.54 bits per heavy atom. The van der Waals surface area contributed by atoms with Crippen molar-refractivity contribution in [2.75, 3.05) is 0 Å². The lowest BCUT2D eigenvalue weighted by molar-refractivity contribution is -0.123. The molecule has 0 radical (unpaired) electrons. The predicted octanol–water partition coefficient (Wildman–Crippen LogP) is 3.52. The number of hydrogen-bond donors (Lipinski definition) is 3.